The van der Waals surface area contributed by atoms with Gasteiger partial charge in [0.25, 0.3) is 0 Å². The molecule has 4 aromatic rings. The molecule has 188 valence electrons. The van der Waals surface area contributed by atoms with Crippen molar-refractivity contribution in [1.82, 2.24) is 0 Å². The van der Waals surface area contributed by atoms with E-state index in [0.29, 0.717) is 22.3 Å². The van der Waals surface area contributed by atoms with Crippen LogP contribution in [0.15, 0.2) is 107 Å². The van der Waals surface area contributed by atoms with Crippen molar-refractivity contribution >= 4 is 22.0 Å². The molecule has 7 heteroatoms. The van der Waals surface area contributed by atoms with Crippen LogP contribution < -0.4 is 0 Å². The lowest BCUT2D eigenvalue weighted by molar-refractivity contribution is 0.341. The molecule has 0 aliphatic heterocycles. The van der Waals surface area contributed by atoms with Crippen LogP contribution in [0, 0.1) is 11.6 Å². The number of ether oxygens (including phenoxy) is 2. The molecule has 0 spiro atoms. The summed E-state index contributed by atoms with van der Waals surface area (Å²) in [7, 11) is -1.14. The molecule has 0 atom stereocenters. The topological polar surface area (TPSA) is 52.6 Å². The van der Waals surface area contributed by atoms with Crippen molar-refractivity contribution < 1.29 is 26.7 Å². The summed E-state index contributed by atoms with van der Waals surface area (Å²) in [4.78, 5) is 0.134. The monoisotopic (exact) mass is 518 g/mol. The molecule has 0 aliphatic rings. The Bertz CT molecular complexity index is 1480. The second-order valence-corrected chi connectivity index (χ2v) is 9.93. The van der Waals surface area contributed by atoms with Gasteiger partial charge in [-0.1, -0.05) is 48.5 Å². The Morgan fingerprint density at radius 2 is 1.03 bits per heavy atom. The molecule has 4 aromatic carbocycles. The van der Waals surface area contributed by atoms with Crippen LogP contribution in [0.2, 0.25) is 0 Å². The molecule has 0 aliphatic carbocycles. The summed E-state index contributed by atoms with van der Waals surface area (Å²) < 4.78 is 66.5. The van der Waals surface area contributed by atoms with Gasteiger partial charge in [0, 0.05) is 22.3 Å². The molecular formula is C30H24F2O4S. The lowest BCUT2D eigenvalue weighted by atomic mass is 10.0. The summed E-state index contributed by atoms with van der Waals surface area (Å²) in [5.74, 6) is -0.922. The molecule has 0 bridgehead atoms. The fraction of sp³-hybridized carbons (Fsp3) is 0.0667. The Balaban J connectivity index is 1.87. The number of hydrogen-bond acceptors (Lipinski definition) is 4. The zero-order chi connectivity index (χ0) is 26.4. The lowest BCUT2D eigenvalue weighted by Crippen LogP contribution is -2.06. The number of sulfone groups is 1. The highest BCUT2D eigenvalue weighted by Crippen LogP contribution is 2.37. The van der Waals surface area contributed by atoms with E-state index >= 15 is 0 Å². The van der Waals surface area contributed by atoms with Gasteiger partial charge in [-0.2, -0.15) is 0 Å². The van der Waals surface area contributed by atoms with E-state index in [9.17, 15) is 17.2 Å². The summed E-state index contributed by atoms with van der Waals surface area (Å²) in [5, 5.41) is 0. The predicted octanol–water partition coefficient (Wildman–Crippen LogP) is 7.37. The van der Waals surface area contributed by atoms with Gasteiger partial charge in [-0.05, 0) is 59.7 Å². The SMILES string of the molecule is COC=Cc1cc(-c2ccccc2S(=O)(=O)c2ccccc2-c2ccc(F)c(C=COC)c2)ccc1F. The van der Waals surface area contributed by atoms with Gasteiger partial charge in [0.15, 0.2) is 0 Å². The minimum absolute atomic E-state index is 0.0670. The summed E-state index contributed by atoms with van der Waals surface area (Å²) in [6.07, 6.45) is 5.63. The zero-order valence-corrected chi connectivity index (χ0v) is 21.0. The van der Waals surface area contributed by atoms with Gasteiger partial charge in [-0.25, -0.2) is 17.2 Å². The largest absolute Gasteiger partial charge is 0.504 e. The summed E-state index contributed by atoms with van der Waals surface area (Å²) >= 11 is 0. The molecule has 0 amide bonds. The molecule has 0 N–H and O–H groups in total. The molecule has 37 heavy (non-hydrogen) atoms. The van der Waals surface area contributed by atoms with Gasteiger partial charge < -0.3 is 9.47 Å². The molecule has 0 saturated heterocycles. The number of benzene rings is 4. The third-order valence-electron chi connectivity index (χ3n) is 5.73. The van der Waals surface area contributed by atoms with E-state index in [4.69, 9.17) is 9.47 Å². The average Bonchev–Trinajstić information content (AvgIpc) is 2.92. The maximum absolute atomic E-state index is 14.3. The van der Waals surface area contributed by atoms with Gasteiger partial charge in [-0.3, -0.25) is 0 Å². The van der Waals surface area contributed by atoms with Crippen LogP contribution in [-0.2, 0) is 19.3 Å². The van der Waals surface area contributed by atoms with E-state index in [2.05, 4.69) is 0 Å². The van der Waals surface area contributed by atoms with Crippen molar-refractivity contribution in [3.63, 3.8) is 0 Å². The smallest absolute Gasteiger partial charge is 0.207 e. The maximum atomic E-state index is 14.3. The van der Waals surface area contributed by atoms with Crippen molar-refractivity contribution in [3.05, 3.63) is 120 Å². The van der Waals surface area contributed by atoms with Gasteiger partial charge in [-0.15, -0.1) is 0 Å². The summed E-state index contributed by atoms with van der Waals surface area (Å²) in [6, 6.07) is 21.9. The molecule has 4 nitrogen and oxygen atoms in total. The van der Waals surface area contributed by atoms with Crippen LogP contribution in [0.25, 0.3) is 34.4 Å². The molecule has 0 unspecified atom stereocenters. The highest BCUT2D eigenvalue weighted by Gasteiger charge is 2.25. The Morgan fingerprint density at radius 3 is 1.43 bits per heavy atom. The van der Waals surface area contributed by atoms with Gasteiger partial charge >= 0.3 is 0 Å². The molecule has 0 fully saturated rings. The van der Waals surface area contributed by atoms with Gasteiger partial charge in [0.1, 0.15) is 11.6 Å². The predicted molar refractivity (Wildman–Crippen MR) is 141 cm³/mol. The third-order valence-corrected chi connectivity index (χ3v) is 7.60. The maximum Gasteiger partial charge on any atom is 0.207 e. The van der Waals surface area contributed by atoms with Gasteiger partial charge in [0.05, 0.1) is 36.5 Å². The van der Waals surface area contributed by atoms with E-state index in [0.717, 1.165) is 0 Å². The number of rotatable bonds is 8. The van der Waals surface area contributed by atoms with Crippen molar-refractivity contribution in [1.29, 1.82) is 0 Å². The van der Waals surface area contributed by atoms with Crippen LogP contribution in [0.3, 0.4) is 0 Å². The third kappa shape index (κ3) is 5.47. The fourth-order valence-electron chi connectivity index (χ4n) is 3.96. The number of halogens is 2. The van der Waals surface area contributed by atoms with E-state index in [1.807, 2.05) is 0 Å². The summed E-state index contributed by atoms with van der Waals surface area (Å²) in [5.41, 5.74) is 2.43. The Morgan fingerprint density at radius 1 is 0.622 bits per heavy atom. The van der Waals surface area contributed by atoms with Gasteiger partial charge in [0.2, 0.25) is 9.84 Å². The van der Waals surface area contributed by atoms with Crippen molar-refractivity contribution in [2.24, 2.45) is 0 Å². The van der Waals surface area contributed by atoms with E-state index in [1.54, 1.807) is 48.5 Å². The van der Waals surface area contributed by atoms with Crippen LogP contribution in [0.4, 0.5) is 8.78 Å². The quantitative estimate of drug-likeness (QED) is 0.229. The van der Waals surface area contributed by atoms with Crippen LogP contribution in [-0.4, -0.2) is 22.6 Å². The summed E-state index contributed by atoms with van der Waals surface area (Å²) in [6.45, 7) is 0. The Labute approximate surface area is 215 Å². The normalized spacial score (nSPS) is 11.8. The minimum atomic E-state index is -4.05. The van der Waals surface area contributed by atoms with Crippen LogP contribution in [0.1, 0.15) is 11.1 Å². The Kier molecular flexibility index (Phi) is 7.84. The second-order valence-electron chi connectivity index (χ2n) is 8.05. The molecule has 4 rings (SSSR count). The van der Waals surface area contributed by atoms with Crippen molar-refractivity contribution in [2.45, 2.75) is 9.79 Å². The fourth-order valence-corrected chi connectivity index (χ4v) is 5.66. The number of hydrogen-bond donors (Lipinski definition) is 0. The second kappa shape index (κ2) is 11.2. The van der Waals surface area contributed by atoms with E-state index in [-0.39, 0.29) is 20.9 Å². The molecule has 0 saturated carbocycles. The Hall–Kier alpha value is -4.23. The van der Waals surface area contributed by atoms with E-state index in [1.165, 1.54) is 75.3 Å². The lowest BCUT2D eigenvalue weighted by Gasteiger charge is -2.15. The van der Waals surface area contributed by atoms with Crippen molar-refractivity contribution in [3.8, 4) is 22.3 Å². The van der Waals surface area contributed by atoms with Crippen LogP contribution in [0.5, 0.6) is 0 Å². The van der Waals surface area contributed by atoms with Crippen LogP contribution >= 0.6 is 0 Å². The standard InChI is InChI=1S/C30H24F2O4S/c1-35-17-15-23-19-21(11-13-27(23)31)25-7-3-5-9-29(25)37(33,34)30-10-6-4-8-26(30)22-12-14-28(32)24(20-22)16-18-36-2/h3-20H,1-2H3. The highest BCUT2D eigenvalue weighted by molar-refractivity contribution is 7.91. The molecular weight excluding hydrogens is 494 g/mol. The van der Waals surface area contributed by atoms with E-state index < -0.39 is 21.5 Å². The first-order valence-corrected chi connectivity index (χ1v) is 12.8. The first-order chi connectivity index (χ1) is 17.9. The first-order valence-electron chi connectivity index (χ1n) is 11.3. The van der Waals surface area contributed by atoms with Crippen molar-refractivity contribution in [2.75, 3.05) is 14.2 Å². The molecule has 0 aromatic heterocycles. The molecule has 0 heterocycles. The molecule has 0 radical (unpaired) electrons. The zero-order valence-electron chi connectivity index (χ0n) is 20.2. The highest BCUT2D eigenvalue weighted by atomic mass is 32.2. The average molecular weight is 519 g/mol. The number of methoxy groups -OCH3 is 2. The minimum Gasteiger partial charge on any atom is -0.504 e. The first kappa shape index (κ1) is 25.9.